The van der Waals surface area contributed by atoms with Crippen LogP contribution in [0.3, 0.4) is 0 Å². The van der Waals surface area contributed by atoms with Crippen LogP contribution in [0.2, 0.25) is 0 Å². The predicted molar refractivity (Wildman–Crippen MR) is 146 cm³/mol. The molecule has 2 N–H and O–H groups in total. The fourth-order valence-corrected chi connectivity index (χ4v) is 5.01. The number of carbonyl (C=O) groups is 4. The third-order valence-corrected chi connectivity index (χ3v) is 6.94. The number of nitrogens with zero attached hydrogens (tertiary/aromatic N) is 2. The lowest BCUT2D eigenvalue weighted by molar-refractivity contribution is -0.160. The minimum atomic E-state index is -1.71. The van der Waals surface area contributed by atoms with E-state index in [2.05, 4.69) is 5.32 Å². The Kier molecular flexibility index (Phi) is 10.9. The molecule has 2 amide bonds. The number of carbonyl (C=O) groups excluding carboxylic acids is 3. The number of nitriles is 1. The number of hydrogen-bond acceptors (Lipinski definition) is 6. The summed E-state index contributed by atoms with van der Waals surface area (Å²) in [6.45, 7) is 1.14. The molecule has 0 bridgehead atoms. The SMILES string of the molecule is CC(=O)O[C@@H](C(=O)N(CCCl)c1ccc(C2CCCCC2)cc1)[C@@H](CC(=O)O)C(=O)Nc1ccc(C#N)cc1. The third-order valence-electron chi connectivity index (χ3n) is 6.77. The molecule has 0 aromatic heterocycles. The van der Waals surface area contributed by atoms with E-state index in [0.717, 1.165) is 19.8 Å². The van der Waals surface area contributed by atoms with Crippen molar-refractivity contribution in [1.82, 2.24) is 0 Å². The van der Waals surface area contributed by atoms with Gasteiger partial charge in [0.25, 0.3) is 5.91 Å². The highest BCUT2D eigenvalue weighted by atomic mass is 35.5. The number of carboxylic acid groups (broad SMARTS) is 1. The van der Waals surface area contributed by atoms with Gasteiger partial charge in [-0.2, -0.15) is 5.26 Å². The fraction of sp³-hybridized carbons (Fsp3) is 0.414. The van der Waals surface area contributed by atoms with Crippen LogP contribution in [0.1, 0.15) is 62.5 Å². The van der Waals surface area contributed by atoms with Crippen molar-refractivity contribution >= 4 is 46.7 Å². The molecule has 9 nitrogen and oxygen atoms in total. The molecule has 0 heterocycles. The zero-order valence-corrected chi connectivity index (χ0v) is 22.5. The van der Waals surface area contributed by atoms with E-state index in [1.54, 1.807) is 12.1 Å². The molecule has 2 atom stereocenters. The molecule has 0 aliphatic heterocycles. The van der Waals surface area contributed by atoms with Gasteiger partial charge in [-0.15, -0.1) is 11.6 Å². The van der Waals surface area contributed by atoms with Crippen LogP contribution in [-0.2, 0) is 23.9 Å². The van der Waals surface area contributed by atoms with Gasteiger partial charge in [-0.1, -0.05) is 31.4 Å². The standard InChI is InChI=1S/C29H32ClN3O6/c1-19(34)39-27(25(17-26(35)36)28(37)32-23-11-7-20(18-31)8-12-23)29(38)33(16-15-30)24-13-9-22(10-14-24)21-5-3-2-4-6-21/h7-14,21,25,27H,2-6,15-17H2,1H3,(H,32,37)(H,35,36)/t25-,27-/m1/s1. The van der Waals surface area contributed by atoms with E-state index < -0.39 is 42.2 Å². The monoisotopic (exact) mass is 553 g/mol. The van der Waals surface area contributed by atoms with Crippen LogP contribution in [0.4, 0.5) is 11.4 Å². The van der Waals surface area contributed by atoms with E-state index in [1.165, 1.54) is 54.0 Å². The molecular weight excluding hydrogens is 522 g/mol. The summed E-state index contributed by atoms with van der Waals surface area (Å²) in [4.78, 5) is 52.1. The molecule has 0 spiro atoms. The summed E-state index contributed by atoms with van der Waals surface area (Å²) in [6, 6.07) is 15.4. The number of esters is 1. The molecule has 39 heavy (non-hydrogen) atoms. The van der Waals surface area contributed by atoms with Crippen LogP contribution >= 0.6 is 11.6 Å². The molecule has 10 heteroatoms. The lowest BCUT2D eigenvalue weighted by atomic mass is 9.84. The van der Waals surface area contributed by atoms with Gasteiger partial charge >= 0.3 is 11.9 Å². The van der Waals surface area contributed by atoms with Gasteiger partial charge in [0, 0.05) is 30.7 Å². The molecule has 1 aliphatic rings. The first-order chi connectivity index (χ1) is 18.7. The van der Waals surface area contributed by atoms with Crippen LogP contribution in [-0.4, -0.2) is 47.4 Å². The van der Waals surface area contributed by atoms with Gasteiger partial charge in [0.15, 0.2) is 6.10 Å². The van der Waals surface area contributed by atoms with Crippen LogP contribution < -0.4 is 10.2 Å². The summed E-state index contributed by atoms with van der Waals surface area (Å²) in [7, 11) is 0. The second-order valence-corrected chi connectivity index (χ2v) is 9.90. The number of anilines is 2. The molecule has 1 aliphatic carbocycles. The van der Waals surface area contributed by atoms with Gasteiger partial charge in [-0.05, 0) is 60.7 Å². The van der Waals surface area contributed by atoms with E-state index in [-0.39, 0.29) is 12.4 Å². The van der Waals surface area contributed by atoms with Crippen molar-refractivity contribution in [3.05, 3.63) is 59.7 Å². The number of hydrogen-bond donors (Lipinski definition) is 2. The maximum Gasteiger partial charge on any atom is 0.304 e. The van der Waals surface area contributed by atoms with Crippen LogP contribution in [0.25, 0.3) is 0 Å². The topological polar surface area (TPSA) is 137 Å². The maximum atomic E-state index is 13.8. The molecule has 3 rings (SSSR count). The molecule has 1 fully saturated rings. The fourth-order valence-electron chi connectivity index (χ4n) is 4.84. The minimum Gasteiger partial charge on any atom is -0.481 e. The van der Waals surface area contributed by atoms with E-state index in [9.17, 15) is 24.3 Å². The lowest BCUT2D eigenvalue weighted by Gasteiger charge is -2.30. The molecule has 0 saturated heterocycles. The quantitative estimate of drug-likeness (QED) is 0.300. The Hall–Kier alpha value is -3.90. The number of amides is 2. The summed E-state index contributed by atoms with van der Waals surface area (Å²) in [5, 5.41) is 21.1. The number of carboxylic acids is 1. The van der Waals surface area contributed by atoms with Crippen LogP contribution in [0, 0.1) is 17.2 Å². The van der Waals surface area contributed by atoms with Crippen molar-refractivity contribution < 1.29 is 29.0 Å². The Morgan fingerprint density at radius 1 is 1.08 bits per heavy atom. The lowest BCUT2D eigenvalue weighted by Crippen LogP contribution is -2.49. The number of aliphatic carboxylic acids is 1. The van der Waals surface area contributed by atoms with Gasteiger partial charge in [-0.3, -0.25) is 19.2 Å². The number of alkyl halides is 1. The highest BCUT2D eigenvalue weighted by molar-refractivity contribution is 6.18. The predicted octanol–water partition coefficient (Wildman–Crippen LogP) is 4.84. The van der Waals surface area contributed by atoms with E-state index in [4.69, 9.17) is 21.6 Å². The zero-order valence-electron chi connectivity index (χ0n) is 21.8. The highest BCUT2D eigenvalue weighted by Gasteiger charge is 2.40. The summed E-state index contributed by atoms with van der Waals surface area (Å²) in [5.41, 5.74) is 2.34. The first-order valence-electron chi connectivity index (χ1n) is 12.9. The van der Waals surface area contributed by atoms with Crippen molar-refractivity contribution in [2.75, 3.05) is 22.6 Å². The van der Waals surface area contributed by atoms with Crippen LogP contribution in [0.5, 0.6) is 0 Å². The molecule has 2 aromatic carbocycles. The van der Waals surface area contributed by atoms with Crippen molar-refractivity contribution in [3.8, 4) is 6.07 Å². The molecule has 1 saturated carbocycles. The minimum absolute atomic E-state index is 0.0535. The van der Waals surface area contributed by atoms with E-state index >= 15 is 0 Å². The second kappa shape index (κ2) is 14.3. The summed E-state index contributed by atoms with van der Waals surface area (Å²) < 4.78 is 5.30. The van der Waals surface area contributed by atoms with Gasteiger partial charge in [0.2, 0.25) is 5.91 Å². The second-order valence-electron chi connectivity index (χ2n) is 9.52. The molecule has 2 aromatic rings. The number of benzene rings is 2. The molecular formula is C29H32ClN3O6. The highest BCUT2D eigenvalue weighted by Crippen LogP contribution is 2.33. The Morgan fingerprint density at radius 2 is 1.72 bits per heavy atom. The van der Waals surface area contributed by atoms with Crippen molar-refractivity contribution in [2.24, 2.45) is 5.92 Å². The maximum absolute atomic E-state index is 13.8. The van der Waals surface area contributed by atoms with Crippen molar-refractivity contribution in [3.63, 3.8) is 0 Å². The van der Waals surface area contributed by atoms with Gasteiger partial charge in [-0.25, -0.2) is 0 Å². The first kappa shape index (κ1) is 29.7. The summed E-state index contributed by atoms with van der Waals surface area (Å²) in [5.74, 6) is -4.77. The number of rotatable bonds is 11. The van der Waals surface area contributed by atoms with Crippen molar-refractivity contribution in [2.45, 2.75) is 57.5 Å². The van der Waals surface area contributed by atoms with E-state index in [1.807, 2.05) is 18.2 Å². The van der Waals surface area contributed by atoms with Crippen LogP contribution in [0.15, 0.2) is 48.5 Å². The Bertz CT molecular complexity index is 1200. The van der Waals surface area contributed by atoms with Gasteiger partial charge < -0.3 is 20.1 Å². The number of ether oxygens (including phenoxy) is 1. The third kappa shape index (κ3) is 8.29. The smallest absolute Gasteiger partial charge is 0.304 e. The average Bonchev–Trinajstić information content (AvgIpc) is 2.94. The Balaban J connectivity index is 1.90. The largest absolute Gasteiger partial charge is 0.481 e. The van der Waals surface area contributed by atoms with Gasteiger partial charge in [0.1, 0.15) is 0 Å². The van der Waals surface area contributed by atoms with Gasteiger partial charge in [0.05, 0.1) is 24.0 Å². The van der Waals surface area contributed by atoms with Crippen molar-refractivity contribution in [1.29, 1.82) is 5.26 Å². The summed E-state index contributed by atoms with van der Waals surface area (Å²) in [6.07, 6.45) is 3.36. The number of nitrogens with one attached hydrogen (secondary N) is 1. The first-order valence-corrected chi connectivity index (χ1v) is 13.4. The molecule has 206 valence electrons. The van der Waals surface area contributed by atoms with E-state index in [0.29, 0.717) is 22.9 Å². The summed E-state index contributed by atoms with van der Waals surface area (Å²) >= 11 is 6.01. The average molecular weight is 554 g/mol. The zero-order chi connectivity index (χ0) is 28.4. The molecule has 0 radical (unpaired) electrons. The normalized spacial score (nSPS) is 14.9. The Morgan fingerprint density at radius 3 is 2.26 bits per heavy atom. The number of halogens is 1. The molecule has 0 unspecified atom stereocenters. The Labute approximate surface area is 232 Å².